The fraction of sp³-hybridized carbons (Fsp3) is 0.0769. The Balaban J connectivity index is 2.22. The summed E-state index contributed by atoms with van der Waals surface area (Å²) in [4.78, 5) is 12.5. The van der Waals surface area contributed by atoms with Gasteiger partial charge in [0, 0.05) is 0 Å². The van der Waals surface area contributed by atoms with E-state index in [0.29, 0.717) is 16.1 Å². The number of nitrogens with one attached hydrogen (secondary N) is 1. The molecule has 3 nitrogen and oxygen atoms in total. The molecule has 0 unspecified atom stereocenters. The Morgan fingerprint density at radius 1 is 1.41 bits per heavy atom. The Kier molecular flexibility index (Phi) is 3.22. The lowest BCUT2D eigenvalue weighted by molar-refractivity contribution is 0.103. The van der Waals surface area contributed by atoms with Crippen molar-refractivity contribution in [3.05, 3.63) is 51.7 Å². The van der Waals surface area contributed by atoms with Crippen LogP contribution in [-0.4, -0.2) is 5.91 Å². The second kappa shape index (κ2) is 4.81. The lowest BCUT2D eigenvalue weighted by atomic mass is 10.2. The maximum atomic E-state index is 11.9. The van der Waals surface area contributed by atoms with Crippen LogP contribution in [0, 0.1) is 18.3 Å². The fourth-order valence-electron chi connectivity index (χ4n) is 1.42. The van der Waals surface area contributed by atoms with Crippen LogP contribution < -0.4 is 5.32 Å². The number of carbonyl (C=O) groups excluding carboxylic acids is 1. The van der Waals surface area contributed by atoms with Crippen molar-refractivity contribution in [1.29, 1.82) is 5.26 Å². The minimum absolute atomic E-state index is 0.175. The fourth-order valence-corrected chi connectivity index (χ4v) is 2.22. The third-order valence-electron chi connectivity index (χ3n) is 2.25. The van der Waals surface area contributed by atoms with E-state index >= 15 is 0 Å². The first-order valence-electron chi connectivity index (χ1n) is 5.06. The topological polar surface area (TPSA) is 52.9 Å². The average Bonchev–Trinajstić information content (AvgIpc) is 2.77. The van der Waals surface area contributed by atoms with Crippen LogP contribution in [0.15, 0.2) is 35.7 Å². The van der Waals surface area contributed by atoms with Crippen molar-refractivity contribution >= 4 is 22.9 Å². The van der Waals surface area contributed by atoms with Gasteiger partial charge >= 0.3 is 0 Å². The Bertz CT molecular complexity index is 595. The molecule has 2 aromatic rings. The number of rotatable bonds is 2. The summed E-state index contributed by atoms with van der Waals surface area (Å²) in [6.07, 6.45) is 0. The predicted molar refractivity (Wildman–Crippen MR) is 68.2 cm³/mol. The Morgan fingerprint density at radius 2 is 2.18 bits per heavy atom. The van der Waals surface area contributed by atoms with Crippen molar-refractivity contribution in [3.63, 3.8) is 0 Å². The van der Waals surface area contributed by atoms with Gasteiger partial charge in [0.2, 0.25) is 0 Å². The molecule has 0 atom stereocenters. The van der Waals surface area contributed by atoms with Crippen molar-refractivity contribution in [1.82, 2.24) is 0 Å². The van der Waals surface area contributed by atoms with Crippen LogP contribution in [-0.2, 0) is 0 Å². The van der Waals surface area contributed by atoms with Crippen LogP contribution in [0.5, 0.6) is 0 Å². The van der Waals surface area contributed by atoms with E-state index in [9.17, 15) is 4.79 Å². The van der Waals surface area contributed by atoms with E-state index in [1.807, 2.05) is 24.4 Å². The first-order chi connectivity index (χ1) is 8.20. The molecule has 2 rings (SSSR count). The summed E-state index contributed by atoms with van der Waals surface area (Å²) in [5.41, 5.74) is 2.08. The minimum atomic E-state index is -0.175. The third-order valence-corrected chi connectivity index (χ3v) is 3.30. The van der Waals surface area contributed by atoms with Crippen molar-refractivity contribution in [2.75, 3.05) is 5.32 Å². The lowest BCUT2D eigenvalue weighted by Gasteiger charge is -2.04. The maximum absolute atomic E-state index is 11.9. The molecule has 17 heavy (non-hydrogen) atoms. The number of nitriles is 1. The minimum Gasteiger partial charge on any atom is -0.320 e. The van der Waals surface area contributed by atoms with Gasteiger partial charge in [-0.2, -0.15) is 5.26 Å². The Morgan fingerprint density at radius 3 is 2.82 bits per heavy atom. The number of thiophene rings is 1. The molecular formula is C13H10N2OS. The molecule has 0 bridgehead atoms. The Labute approximate surface area is 103 Å². The van der Waals surface area contributed by atoms with Gasteiger partial charge in [-0.05, 0) is 36.1 Å². The monoisotopic (exact) mass is 242 g/mol. The number of aryl methyl sites for hydroxylation is 1. The normalized spacial score (nSPS) is 9.65. The summed E-state index contributed by atoms with van der Waals surface area (Å²) in [5, 5.41) is 13.6. The highest BCUT2D eigenvalue weighted by molar-refractivity contribution is 7.12. The quantitative estimate of drug-likeness (QED) is 0.879. The summed E-state index contributed by atoms with van der Waals surface area (Å²) >= 11 is 1.40. The highest BCUT2D eigenvalue weighted by atomic mass is 32.1. The van der Waals surface area contributed by atoms with Crippen molar-refractivity contribution in [3.8, 4) is 6.07 Å². The lowest BCUT2D eigenvalue weighted by Crippen LogP contribution is -2.11. The molecule has 1 aromatic carbocycles. The summed E-state index contributed by atoms with van der Waals surface area (Å²) in [7, 11) is 0. The molecule has 1 amide bonds. The van der Waals surface area contributed by atoms with Crippen molar-refractivity contribution in [2.24, 2.45) is 0 Å². The van der Waals surface area contributed by atoms with Gasteiger partial charge in [-0.25, -0.2) is 0 Å². The summed E-state index contributed by atoms with van der Waals surface area (Å²) in [6.45, 7) is 1.94. The average molecular weight is 242 g/mol. The number of carbonyl (C=O) groups is 1. The van der Waals surface area contributed by atoms with Crippen LogP contribution in [0.25, 0.3) is 0 Å². The molecular weight excluding hydrogens is 232 g/mol. The van der Waals surface area contributed by atoms with Crippen LogP contribution in [0.3, 0.4) is 0 Å². The second-order valence-corrected chi connectivity index (χ2v) is 4.51. The molecule has 84 valence electrons. The van der Waals surface area contributed by atoms with E-state index in [1.165, 1.54) is 11.3 Å². The number of hydrogen-bond donors (Lipinski definition) is 1. The third kappa shape index (κ3) is 2.52. The second-order valence-electron chi connectivity index (χ2n) is 3.60. The molecule has 0 saturated carbocycles. The number of anilines is 1. The van der Waals surface area contributed by atoms with E-state index < -0.39 is 0 Å². The zero-order chi connectivity index (χ0) is 12.3. The van der Waals surface area contributed by atoms with Gasteiger partial charge in [0.25, 0.3) is 5.91 Å². The highest BCUT2D eigenvalue weighted by Crippen LogP contribution is 2.18. The van der Waals surface area contributed by atoms with Gasteiger partial charge in [0.15, 0.2) is 0 Å². The van der Waals surface area contributed by atoms with Gasteiger partial charge in [0.1, 0.15) is 6.07 Å². The van der Waals surface area contributed by atoms with Crippen molar-refractivity contribution in [2.45, 2.75) is 6.92 Å². The zero-order valence-corrected chi connectivity index (χ0v) is 10.0. The zero-order valence-electron chi connectivity index (χ0n) is 9.23. The molecule has 0 saturated heterocycles. The number of hydrogen-bond acceptors (Lipinski definition) is 3. The molecule has 0 fully saturated rings. The number of amides is 1. The van der Waals surface area contributed by atoms with Gasteiger partial charge in [-0.15, -0.1) is 11.3 Å². The Hall–Kier alpha value is -2.12. The molecule has 1 N–H and O–H groups in total. The molecule has 1 aromatic heterocycles. The van der Waals surface area contributed by atoms with Gasteiger partial charge in [0.05, 0.1) is 16.1 Å². The number of para-hydroxylation sites is 1. The largest absolute Gasteiger partial charge is 0.320 e. The standard InChI is InChI=1S/C13H10N2OS/c1-9-6-12(17-8-9)13(16)15-11-5-3-2-4-10(11)7-14/h2-6,8H,1H3,(H,15,16). The SMILES string of the molecule is Cc1csc(C(=O)Nc2ccccc2C#N)c1. The number of nitrogens with zero attached hydrogens (tertiary/aromatic N) is 1. The van der Waals surface area contributed by atoms with Crippen LogP contribution >= 0.6 is 11.3 Å². The maximum Gasteiger partial charge on any atom is 0.265 e. The summed E-state index contributed by atoms with van der Waals surface area (Å²) < 4.78 is 0. The summed E-state index contributed by atoms with van der Waals surface area (Å²) in [6, 6.07) is 10.8. The molecule has 0 aliphatic carbocycles. The first-order valence-corrected chi connectivity index (χ1v) is 5.94. The molecule has 1 heterocycles. The van der Waals surface area contributed by atoms with Crippen molar-refractivity contribution < 1.29 is 4.79 Å². The number of benzene rings is 1. The molecule has 0 spiro atoms. The van der Waals surface area contributed by atoms with E-state index in [-0.39, 0.29) is 5.91 Å². The smallest absolute Gasteiger partial charge is 0.265 e. The predicted octanol–water partition coefficient (Wildman–Crippen LogP) is 3.18. The molecule has 0 aliphatic heterocycles. The first kappa shape index (κ1) is 11.4. The van der Waals surface area contributed by atoms with Gasteiger partial charge in [-0.1, -0.05) is 12.1 Å². The molecule has 0 radical (unpaired) electrons. The van der Waals surface area contributed by atoms with E-state index in [2.05, 4.69) is 5.32 Å². The van der Waals surface area contributed by atoms with Gasteiger partial charge < -0.3 is 5.32 Å². The van der Waals surface area contributed by atoms with Crippen LogP contribution in [0.2, 0.25) is 0 Å². The molecule has 4 heteroatoms. The van der Waals surface area contributed by atoms with E-state index in [1.54, 1.807) is 24.3 Å². The van der Waals surface area contributed by atoms with Gasteiger partial charge in [-0.3, -0.25) is 4.79 Å². The highest BCUT2D eigenvalue weighted by Gasteiger charge is 2.10. The summed E-state index contributed by atoms with van der Waals surface area (Å²) in [5.74, 6) is -0.175. The molecule has 0 aliphatic rings. The van der Waals surface area contributed by atoms with Crippen LogP contribution in [0.1, 0.15) is 20.8 Å². The van der Waals surface area contributed by atoms with E-state index in [0.717, 1.165) is 5.56 Å². The van der Waals surface area contributed by atoms with E-state index in [4.69, 9.17) is 5.26 Å². The van der Waals surface area contributed by atoms with Crippen LogP contribution in [0.4, 0.5) is 5.69 Å².